The summed E-state index contributed by atoms with van der Waals surface area (Å²) in [6.45, 7) is 5.78. The van der Waals surface area contributed by atoms with E-state index in [-0.39, 0.29) is 5.91 Å². The standard InChI is InChI=1S/C21H27N3O3/c1-3-4-15-27-19-6-5-17(16-20(19)26-2)21(25)24-13-11-23(12-14-24)18-7-9-22-10-8-18/h5-10,16H,3-4,11-15H2,1-2H3. The smallest absolute Gasteiger partial charge is 0.254 e. The highest BCUT2D eigenvalue weighted by molar-refractivity contribution is 5.95. The van der Waals surface area contributed by atoms with E-state index in [1.165, 1.54) is 0 Å². The minimum absolute atomic E-state index is 0.0304. The molecule has 2 heterocycles. The van der Waals surface area contributed by atoms with E-state index in [2.05, 4.69) is 16.8 Å². The zero-order valence-electron chi connectivity index (χ0n) is 16.1. The van der Waals surface area contributed by atoms with E-state index in [1.54, 1.807) is 25.6 Å². The summed E-state index contributed by atoms with van der Waals surface area (Å²) >= 11 is 0. The Morgan fingerprint density at radius 1 is 1.07 bits per heavy atom. The highest BCUT2D eigenvalue weighted by atomic mass is 16.5. The number of rotatable bonds is 7. The van der Waals surface area contributed by atoms with Crippen LogP contribution >= 0.6 is 0 Å². The molecule has 6 nitrogen and oxygen atoms in total. The summed E-state index contributed by atoms with van der Waals surface area (Å²) in [4.78, 5) is 21.1. The molecule has 1 aliphatic rings. The predicted octanol–water partition coefficient (Wildman–Crippen LogP) is 3.23. The van der Waals surface area contributed by atoms with Gasteiger partial charge in [-0.3, -0.25) is 9.78 Å². The van der Waals surface area contributed by atoms with Gasteiger partial charge < -0.3 is 19.3 Å². The Morgan fingerprint density at radius 3 is 2.48 bits per heavy atom. The van der Waals surface area contributed by atoms with Gasteiger partial charge in [0.1, 0.15) is 0 Å². The fourth-order valence-electron chi connectivity index (χ4n) is 3.15. The van der Waals surface area contributed by atoms with E-state index in [1.807, 2.05) is 29.2 Å². The number of nitrogens with zero attached hydrogens (tertiary/aromatic N) is 3. The minimum atomic E-state index is 0.0304. The van der Waals surface area contributed by atoms with Gasteiger partial charge in [-0.15, -0.1) is 0 Å². The molecular formula is C21H27N3O3. The van der Waals surface area contributed by atoms with Crippen LogP contribution < -0.4 is 14.4 Å². The number of unbranched alkanes of at least 4 members (excludes halogenated alkanes) is 1. The second-order valence-corrected chi connectivity index (χ2v) is 6.55. The average Bonchev–Trinajstić information content (AvgIpc) is 2.74. The van der Waals surface area contributed by atoms with Gasteiger partial charge >= 0.3 is 0 Å². The molecular weight excluding hydrogens is 342 g/mol. The molecule has 1 aromatic carbocycles. The summed E-state index contributed by atoms with van der Waals surface area (Å²) in [5.41, 5.74) is 1.78. The summed E-state index contributed by atoms with van der Waals surface area (Å²) in [5.74, 6) is 1.32. The summed E-state index contributed by atoms with van der Waals surface area (Å²) in [5, 5.41) is 0. The van der Waals surface area contributed by atoms with Crippen LogP contribution in [0.3, 0.4) is 0 Å². The monoisotopic (exact) mass is 369 g/mol. The first-order valence-corrected chi connectivity index (χ1v) is 9.48. The minimum Gasteiger partial charge on any atom is -0.493 e. The van der Waals surface area contributed by atoms with Crippen LogP contribution in [0.1, 0.15) is 30.1 Å². The maximum atomic E-state index is 12.9. The number of hydrogen-bond donors (Lipinski definition) is 0. The van der Waals surface area contributed by atoms with Crippen LogP contribution in [0.25, 0.3) is 0 Å². The highest BCUT2D eigenvalue weighted by Gasteiger charge is 2.23. The Kier molecular flexibility index (Phi) is 6.52. The molecule has 0 spiro atoms. The van der Waals surface area contributed by atoms with E-state index in [0.717, 1.165) is 31.6 Å². The van der Waals surface area contributed by atoms with E-state index < -0.39 is 0 Å². The number of benzene rings is 1. The van der Waals surface area contributed by atoms with Crippen molar-refractivity contribution < 1.29 is 14.3 Å². The molecule has 1 amide bonds. The van der Waals surface area contributed by atoms with Crippen molar-refractivity contribution >= 4 is 11.6 Å². The molecule has 0 atom stereocenters. The second-order valence-electron chi connectivity index (χ2n) is 6.55. The molecule has 2 aromatic rings. The Morgan fingerprint density at radius 2 is 1.81 bits per heavy atom. The number of pyridine rings is 1. The molecule has 0 aliphatic carbocycles. The molecule has 1 aliphatic heterocycles. The first-order valence-electron chi connectivity index (χ1n) is 9.48. The lowest BCUT2D eigenvalue weighted by molar-refractivity contribution is 0.0746. The van der Waals surface area contributed by atoms with Crippen molar-refractivity contribution in [2.45, 2.75) is 19.8 Å². The quantitative estimate of drug-likeness (QED) is 0.702. The number of hydrogen-bond acceptors (Lipinski definition) is 5. The molecule has 144 valence electrons. The van der Waals surface area contributed by atoms with Gasteiger partial charge in [0.15, 0.2) is 11.5 Å². The fourth-order valence-corrected chi connectivity index (χ4v) is 3.15. The summed E-state index contributed by atoms with van der Waals surface area (Å²) in [6.07, 6.45) is 5.66. The van der Waals surface area contributed by atoms with Gasteiger partial charge in [-0.25, -0.2) is 0 Å². The van der Waals surface area contributed by atoms with Crippen LogP contribution in [0.2, 0.25) is 0 Å². The molecule has 0 bridgehead atoms. The third-order valence-electron chi connectivity index (χ3n) is 4.76. The van der Waals surface area contributed by atoms with Crippen molar-refractivity contribution in [1.29, 1.82) is 0 Å². The molecule has 1 fully saturated rings. The van der Waals surface area contributed by atoms with Crippen molar-refractivity contribution in [1.82, 2.24) is 9.88 Å². The molecule has 0 N–H and O–H groups in total. The zero-order valence-corrected chi connectivity index (χ0v) is 16.1. The summed E-state index contributed by atoms with van der Waals surface area (Å²) in [6, 6.07) is 9.42. The number of aromatic nitrogens is 1. The fraction of sp³-hybridized carbons (Fsp3) is 0.429. The van der Waals surface area contributed by atoms with Crippen molar-refractivity contribution in [3.8, 4) is 11.5 Å². The van der Waals surface area contributed by atoms with Gasteiger partial charge in [0.05, 0.1) is 13.7 Å². The number of amides is 1. The molecule has 1 saturated heterocycles. The van der Waals surface area contributed by atoms with E-state index in [0.29, 0.717) is 36.8 Å². The van der Waals surface area contributed by atoms with Crippen LogP contribution in [0.5, 0.6) is 11.5 Å². The maximum Gasteiger partial charge on any atom is 0.254 e. The number of methoxy groups -OCH3 is 1. The predicted molar refractivity (Wildman–Crippen MR) is 106 cm³/mol. The maximum absolute atomic E-state index is 12.9. The zero-order chi connectivity index (χ0) is 19.1. The van der Waals surface area contributed by atoms with E-state index in [9.17, 15) is 4.79 Å². The number of carbonyl (C=O) groups is 1. The van der Waals surface area contributed by atoms with Gasteiger partial charge in [0.2, 0.25) is 0 Å². The van der Waals surface area contributed by atoms with Crippen LogP contribution in [0, 0.1) is 0 Å². The first-order chi connectivity index (χ1) is 13.2. The first kappa shape index (κ1) is 19.0. The van der Waals surface area contributed by atoms with Crippen LogP contribution in [0.4, 0.5) is 5.69 Å². The molecule has 3 rings (SSSR count). The van der Waals surface area contributed by atoms with Crippen LogP contribution in [-0.2, 0) is 0 Å². The van der Waals surface area contributed by atoms with Crippen molar-refractivity contribution in [2.75, 3.05) is 44.8 Å². The van der Waals surface area contributed by atoms with Gasteiger partial charge in [0.25, 0.3) is 5.91 Å². The van der Waals surface area contributed by atoms with Crippen LogP contribution in [0.15, 0.2) is 42.7 Å². The number of ether oxygens (including phenoxy) is 2. The normalized spacial score (nSPS) is 14.1. The van der Waals surface area contributed by atoms with Gasteiger partial charge in [0, 0.05) is 49.8 Å². The lowest BCUT2D eigenvalue weighted by Crippen LogP contribution is -2.48. The van der Waals surface area contributed by atoms with Crippen LogP contribution in [-0.4, -0.2) is 55.7 Å². The largest absolute Gasteiger partial charge is 0.493 e. The van der Waals surface area contributed by atoms with Crippen molar-refractivity contribution in [3.05, 3.63) is 48.3 Å². The third kappa shape index (κ3) is 4.70. The summed E-state index contributed by atoms with van der Waals surface area (Å²) in [7, 11) is 1.60. The number of piperazine rings is 1. The Bertz CT molecular complexity index is 744. The summed E-state index contributed by atoms with van der Waals surface area (Å²) < 4.78 is 11.2. The Hall–Kier alpha value is -2.76. The van der Waals surface area contributed by atoms with Gasteiger partial charge in [-0.05, 0) is 36.8 Å². The van der Waals surface area contributed by atoms with Crippen molar-refractivity contribution in [2.24, 2.45) is 0 Å². The Labute approximate surface area is 160 Å². The molecule has 27 heavy (non-hydrogen) atoms. The Balaban J connectivity index is 1.62. The molecule has 6 heteroatoms. The third-order valence-corrected chi connectivity index (χ3v) is 4.76. The van der Waals surface area contributed by atoms with Gasteiger partial charge in [-0.2, -0.15) is 0 Å². The molecule has 0 saturated carbocycles. The molecule has 1 aromatic heterocycles. The van der Waals surface area contributed by atoms with E-state index in [4.69, 9.17) is 9.47 Å². The number of carbonyl (C=O) groups excluding carboxylic acids is 1. The second kappa shape index (κ2) is 9.26. The SMILES string of the molecule is CCCCOc1ccc(C(=O)N2CCN(c3ccncc3)CC2)cc1OC. The van der Waals surface area contributed by atoms with Gasteiger partial charge in [-0.1, -0.05) is 13.3 Å². The van der Waals surface area contributed by atoms with E-state index >= 15 is 0 Å². The van der Waals surface area contributed by atoms with Crippen molar-refractivity contribution in [3.63, 3.8) is 0 Å². The number of anilines is 1. The highest BCUT2D eigenvalue weighted by Crippen LogP contribution is 2.29. The molecule has 0 radical (unpaired) electrons. The topological polar surface area (TPSA) is 54.9 Å². The molecule has 0 unspecified atom stereocenters. The average molecular weight is 369 g/mol. The lowest BCUT2D eigenvalue weighted by atomic mass is 10.1. The lowest BCUT2D eigenvalue weighted by Gasteiger charge is -2.36.